The summed E-state index contributed by atoms with van der Waals surface area (Å²) in [5.74, 6) is 0.235. The first-order chi connectivity index (χ1) is 9.69. The molecule has 0 aromatic heterocycles. The SMILES string of the molecule is CCc1ccc(CN(C)CC(=O)N2CCNCC2)cc1. The fourth-order valence-corrected chi connectivity index (χ4v) is 2.49. The first-order valence-electron chi connectivity index (χ1n) is 7.44. The predicted octanol–water partition coefficient (Wildman–Crippen LogP) is 1.11. The van der Waals surface area contributed by atoms with Gasteiger partial charge in [0.1, 0.15) is 0 Å². The number of hydrogen-bond donors (Lipinski definition) is 1. The summed E-state index contributed by atoms with van der Waals surface area (Å²) in [4.78, 5) is 16.2. The van der Waals surface area contributed by atoms with Crippen LogP contribution in [-0.4, -0.2) is 55.5 Å². The molecule has 0 aliphatic carbocycles. The molecule has 4 nitrogen and oxygen atoms in total. The van der Waals surface area contributed by atoms with E-state index in [-0.39, 0.29) is 5.91 Å². The van der Waals surface area contributed by atoms with Crippen LogP contribution in [0.25, 0.3) is 0 Å². The van der Waals surface area contributed by atoms with Gasteiger partial charge in [0.2, 0.25) is 5.91 Å². The van der Waals surface area contributed by atoms with Crippen LogP contribution >= 0.6 is 0 Å². The number of nitrogens with zero attached hydrogens (tertiary/aromatic N) is 2. The van der Waals surface area contributed by atoms with Gasteiger partial charge in [-0.1, -0.05) is 31.2 Å². The summed E-state index contributed by atoms with van der Waals surface area (Å²) >= 11 is 0. The van der Waals surface area contributed by atoms with E-state index < -0.39 is 0 Å². The molecule has 0 radical (unpaired) electrons. The maximum Gasteiger partial charge on any atom is 0.236 e. The average molecular weight is 275 g/mol. The summed E-state index contributed by atoms with van der Waals surface area (Å²) in [6, 6.07) is 8.65. The summed E-state index contributed by atoms with van der Waals surface area (Å²) in [5.41, 5.74) is 2.62. The summed E-state index contributed by atoms with van der Waals surface area (Å²) in [6.07, 6.45) is 1.07. The molecule has 1 N–H and O–H groups in total. The normalized spacial score (nSPS) is 15.7. The summed E-state index contributed by atoms with van der Waals surface area (Å²) in [6.45, 7) is 6.96. The Balaban J connectivity index is 1.81. The van der Waals surface area contributed by atoms with Gasteiger partial charge in [0.25, 0.3) is 0 Å². The second kappa shape index (κ2) is 7.41. The zero-order valence-electron chi connectivity index (χ0n) is 12.6. The third-order valence-corrected chi connectivity index (χ3v) is 3.76. The van der Waals surface area contributed by atoms with E-state index in [0.717, 1.165) is 39.1 Å². The first kappa shape index (κ1) is 15.0. The molecule has 0 saturated carbocycles. The zero-order chi connectivity index (χ0) is 14.4. The smallest absolute Gasteiger partial charge is 0.236 e. The lowest BCUT2D eigenvalue weighted by atomic mass is 10.1. The first-order valence-corrected chi connectivity index (χ1v) is 7.44. The number of carbonyl (C=O) groups is 1. The van der Waals surface area contributed by atoms with Crippen molar-refractivity contribution in [1.29, 1.82) is 0 Å². The van der Waals surface area contributed by atoms with Crippen molar-refractivity contribution in [2.45, 2.75) is 19.9 Å². The number of likely N-dealkylation sites (N-methyl/N-ethyl adjacent to an activating group) is 1. The van der Waals surface area contributed by atoms with Crippen molar-refractivity contribution in [2.75, 3.05) is 39.8 Å². The lowest BCUT2D eigenvalue weighted by Gasteiger charge is -2.29. The van der Waals surface area contributed by atoms with Gasteiger partial charge in [0.15, 0.2) is 0 Å². The molecule has 0 atom stereocenters. The Morgan fingerprint density at radius 2 is 1.80 bits per heavy atom. The lowest BCUT2D eigenvalue weighted by Crippen LogP contribution is -2.49. The van der Waals surface area contributed by atoms with E-state index in [2.05, 4.69) is 41.4 Å². The van der Waals surface area contributed by atoms with Gasteiger partial charge in [-0.25, -0.2) is 0 Å². The molecule has 4 heteroatoms. The molecule has 1 aromatic rings. The molecule has 1 amide bonds. The van der Waals surface area contributed by atoms with Crippen molar-refractivity contribution in [2.24, 2.45) is 0 Å². The van der Waals surface area contributed by atoms with E-state index in [9.17, 15) is 4.79 Å². The van der Waals surface area contributed by atoms with Gasteiger partial charge in [-0.15, -0.1) is 0 Å². The van der Waals surface area contributed by atoms with Crippen molar-refractivity contribution < 1.29 is 4.79 Å². The van der Waals surface area contributed by atoms with Crippen LogP contribution in [0, 0.1) is 0 Å². The molecular formula is C16H25N3O. The number of rotatable bonds is 5. The highest BCUT2D eigenvalue weighted by Crippen LogP contribution is 2.07. The maximum absolute atomic E-state index is 12.2. The summed E-state index contributed by atoms with van der Waals surface area (Å²) in [5, 5.41) is 3.27. The molecule has 1 saturated heterocycles. The summed E-state index contributed by atoms with van der Waals surface area (Å²) < 4.78 is 0. The Morgan fingerprint density at radius 1 is 1.20 bits per heavy atom. The highest BCUT2D eigenvalue weighted by molar-refractivity contribution is 5.78. The number of carbonyl (C=O) groups excluding carboxylic acids is 1. The largest absolute Gasteiger partial charge is 0.339 e. The molecule has 1 aliphatic rings. The minimum atomic E-state index is 0.235. The van der Waals surface area contributed by atoms with Crippen molar-refractivity contribution in [3.8, 4) is 0 Å². The fraction of sp³-hybridized carbons (Fsp3) is 0.562. The third-order valence-electron chi connectivity index (χ3n) is 3.76. The second-order valence-electron chi connectivity index (χ2n) is 5.47. The maximum atomic E-state index is 12.2. The molecule has 0 unspecified atom stereocenters. The standard InChI is InChI=1S/C16H25N3O/c1-3-14-4-6-15(7-5-14)12-18(2)13-16(20)19-10-8-17-9-11-19/h4-7,17H,3,8-13H2,1-2H3. The van der Waals surface area contributed by atoms with E-state index in [0.29, 0.717) is 6.54 Å². The van der Waals surface area contributed by atoms with Crippen LogP contribution in [0.15, 0.2) is 24.3 Å². The molecule has 20 heavy (non-hydrogen) atoms. The Bertz CT molecular complexity index is 424. The number of amides is 1. The minimum Gasteiger partial charge on any atom is -0.339 e. The topological polar surface area (TPSA) is 35.6 Å². The molecule has 1 heterocycles. The van der Waals surface area contributed by atoms with Gasteiger partial charge >= 0.3 is 0 Å². The van der Waals surface area contributed by atoms with Gasteiger partial charge < -0.3 is 10.2 Å². The molecule has 110 valence electrons. The van der Waals surface area contributed by atoms with Crippen molar-refractivity contribution in [3.63, 3.8) is 0 Å². The number of piperazine rings is 1. The zero-order valence-corrected chi connectivity index (χ0v) is 12.6. The Labute approximate surface area is 121 Å². The minimum absolute atomic E-state index is 0.235. The van der Waals surface area contributed by atoms with Gasteiger partial charge in [0, 0.05) is 32.7 Å². The molecule has 2 rings (SSSR count). The predicted molar refractivity (Wildman–Crippen MR) is 81.6 cm³/mol. The lowest BCUT2D eigenvalue weighted by molar-refractivity contribution is -0.132. The van der Waals surface area contributed by atoms with E-state index in [4.69, 9.17) is 0 Å². The van der Waals surface area contributed by atoms with E-state index in [1.54, 1.807) is 0 Å². The van der Waals surface area contributed by atoms with E-state index in [1.807, 2.05) is 11.9 Å². The molecule has 1 aromatic carbocycles. The number of aryl methyl sites for hydroxylation is 1. The van der Waals surface area contributed by atoms with Crippen molar-refractivity contribution in [1.82, 2.24) is 15.1 Å². The van der Waals surface area contributed by atoms with Crippen LogP contribution in [0.5, 0.6) is 0 Å². The van der Waals surface area contributed by atoms with Gasteiger partial charge in [-0.3, -0.25) is 9.69 Å². The number of nitrogens with one attached hydrogen (secondary N) is 1. The van der Waals surface area contributed by atoms with Crippen LogP contribution in [0.3, 0.4) is 0 Å². The highest BCUT2D eigenvalue weighted by atomic mass is 16.2. The second-order valence-corrected chi connectivity index (χ2v) is 5.47. The molecule has 0 bridgehead atoms. The monoisotopic (exact) mass is 275 g/mol. The van der Waals surface area contributed by atoms with Crippen molar-refractivity contribution >= 4 is 5.91 Å². The van der Waals surface area contributed by atoms with Crippen LogP contribution in [0.1, 0.15) is 18.1 Å². The Hall–Kier alpha value is -1.39. The number of hydrogen-bond acceptors (Lipinski definition) is 3. The Kier molecular flexibility index (Phi) is 5.56. The molecular weight excluding hydrogens is 250 g/mol. The molecule has 0 spiro atoms. The number of benzene rings is 1. The van der Waals surface area contributed by atoms with E-state index in [1.165, 1.54) is 11.1 Å². The highest BCUT2D eigenvalue weighted by Gasteiger charge is 2.17. The van der Waals surface area contributed by atoms with Gasteiger partial charge in [0.05, 0.1) is 6.54 Å². The van der Waals surface area contributed by atoms with Gasteiger partial charge in [-0.2, -0.15) is 0 Å². The van der Waals surface area contributed by atoms with Crippen LogP contribution in [-0.2, 0) is 17.8 Å². The quantitative estimate of drug-likeness (QED) is 0.874. The third kappa shape index (κ3) is 4.32. The molecule has 1 aliphatic heterocycles. The fourth-order valence-electron chi connectivity index (χ4n) is 2.49. The van der Waals surface area contributed by atoms with E-state index >= 15 is 0 Å². The van der Waals surface area contributed by atoms with Crippen LogP contribution in [0.4, 0.5) is 0 Å². The van der Waals surface area contributed by atoms with Gasteiger partial charge in [-0.05, 0) is 24.6 Å². The van der Waals surface area contributed by atoms with Crippen LogP contribution < -0.4 is 5.32 Å². The van der Waals surface area contributed by atoms with Crippen molar-refractivity contribution in [3.05, 3.63) is 35.4 Å². The summed E-state index contributed by atoms with van der Waals surface area (Å²) in [7, 11) is 2.01. The molecule has 1 fully saturated rings. The average Bonchev–Trinajstić information content (AvgIpc) is 2.49. The van der Waals surface area contributed by atoms with Crippen LogP contribution in [0.2, 0.25) is 0 Å². The Morgan fingerprint density at radius 3 is 2.40 bits per heavy atom.